The Morgan fingerprint density at radius 2 is 1.83 bits per heavy atom. The third-order valence-corrected chi connectivity index (χ3v) is 8.27. The van der Waals surface area contributed by atoms with Crippen LogP contribution in [0.15, 0.2) is 12.2 Å². The zero-order valence-electron chi connectivity index (χ0n) is 12.4. The summed E-state index contributed by atoms with van der Waals surface area (Å²) in [6, 6.07) is 3.23. The molecule has 0 aromatic heterocycles. The van der Waals surface area contributed by atoms with Gasteiger partial charge in [-0.15, -0.1) is 12.3 Å². The van der Waals surface area contributed by atoms with Crippen LogP contribution in [0.4, 0.5) is 0 Å². The van der Waals surface area contributed by atoms with E-state index in [1.807, 2.05) is 13.0 Å². The van der Waals surface area contributed by atoms with Gasteiger partial charge in [-0.25, -0.2) is 0 Å². The van der Waals surface area contributed by atoms with Gasteiger partial charge in [0.2, 0.25) is 0 Å². The Bertz CT molecular complexity index is 329. The SMILES string of the molecule is C#CC[C@](C)(/C=C/C(C)=O)O[Si](CC)(CC)CC. The standard InChI is InChI=1S/C15H26O2Si/c1-7-12-15(6,13-11-14(5)16)17-18(8-2,9-3)10-4/h1,11,13H,8-10,12H2,2-6H3/b13-11+/t15-/m1/s1. The van der Waals surface area contributed by atoms with Crippen LogP contribution in [0, 0.1) is 12.3 Å². The number of allylic oxidation sites excluding steroid dienone is 1. The molecular weight excluding hydrogens is 240 g/mol. The first kappa shape index (κ1) is 17.1. The third-order valence-electron chi connectivity index (χ3n) is 3.51. The minimum Gasteiger partial charge on any atom is -0.407 e. The zero-order valence-corrected chi connectivity index (χ0v) is 13.4. The van der Waals surface area contributed by atoms with Crippen molar-refractivity contribution in [2.45, 2.75) is 64.8 Å². The largest absolute Gasteiger partial charge is 0.407 e. The van der Waals surface area contributed by atoms with Gasteiger partial charge in [0.15, 0.2) is 14.1 Å². The van der Waals surface area contributed by atoms with Crippen LogP contribution in [0.25, 0.3) is 0 Å². The quantitative estimate of drug-likeness (QED) is 0.378. The molecule has 0 saturated heterocycles. The smallest absolute Gasteiger partial charge is 0.193 e. The van der Waals surface area contributed by atoms with Gasteiger partial charge in [0.05, 0.1) is 5.60 Å². The number of carbonyl (C=O) groups excluding carboxylic acids is 1. The van der Waals surface area contributed by atoms with Gasteiger partial charge < -0.3 is 4.43 Å². The number of carbonyl (C=O) groups is 1. The number of hydrogen-bond donors (Lipinski definition) is 0. The van der Waals surface area contributed by atoms with Crippen LogP contribution < -0.4 is 0 Å². The fraction of sp³-hybridized carbons (Fsp3) is 0.667. The van der Waals surface area contributed by atoms with Crippen LogP contribution in [-0.4, -0.2) is 19.7 Å². The molecule has 0 aliphatic rings. The maximum atomic E-state index is 11.1. The molecule has 102 valence electrons. The average molecular weight is 266 g/mol. The van der Waals surface area contributed by atoms with Crippen molar-refractivity contribution in [2.75, 3.05) is 0 Å². The minimum atomic E-state index is -1.72. The molecule has 2 nitrogen and oxygen atoms in total. The van der Waals surface area contributed by atoms with Gasteiger partial charge in [-0.1, -0.05) is 20.8 Å². The Morgan fingerprint density at radius 1 is 1.33 bits per heavy atom. The normalized spacial score (nSPS) is 15.3. The Balaban J connectivity index is 5.11. The molecule has 0 amide bonds. The Morgan fingerprint density at radius 3 is 2.17 bits per heavy atom. The molecular formula is C15H26O2Si. The van der Waals surface area contributed by atoms with E-state index in [1.165, 1.54) is 6.92 Å². The highest BCUT2D eigenvalue weighted by Gasteiger charge is 2.36. The molecule has 0 radical (unpaired) electrons. The molecule has 0 saturated carbocycles. The van der Waals surface area contributed by atoms with Crippen LogP contribution in [0.3, 0.4) is 0 Å². The first-order valence-electron chi connectivity index (χ1n) is 6.70. The lowest BCUT2D eigenvalue weighted by atomic mass is 10.0. The van der Waals surface area contributed by atoms with Crippen LogP contribution in [0.5, 0.6) is 0 Å². The molecule has 0 fully saturated rings. The van der Waals surface area contributed by atoms with Crippen molar-refractivity contribution in [3.8, 4) is 12.3 Å². The van der Waals surface area contributed by atoms with E-state index in [0.29, 0.717) is 6.42 Å². The molecule has 0 rings (SSSR count). The number of hydrogen-bond acceptors (Lipinski definition) is 2. The summed E-state index contributed by atoms with van der Waals surface area (Å²) in [5.41, 5.74) is -0.505. The van der Waals surface area contributed by atoms with E-state index in [9.17, 15) is 4.79 Å². The topological polar surface area (TPSA) is 26.3 Å². The van der Waals surface area contributed by atoms with E-state index >= 15 is 0 Å². The maximum Gasteiger partial charge on any atom is 0.193 e. The van der Waals surface area contributed by atoms with Crippen molar-refractivity contribution in [3.05, 3.63) is 12.2 Å². The summed E-state index contributed by atoms with van der Waals surface area (Å²) >= 11 is 0. The zero-order chi connectivity index (χ0) is 14.2. The molecule has 1 atom stereocenters. The minimum absolute atomic E-state index is 0.0265. The molecule has 0 bridgehead atoms. The van der Waals surface area contributed by atoms with Crippen molar-refractivity contribution in [2.24, 2.45) is 0 Å². The van der Waals surface area contributed by atoms with Crippen molar-refractivity contribution < 1.29 is 9.22 Å². The monoisotopic (exact) mass is 266 g/mol. The predicted octanol–water partition coefficient (Wildman–Crippen LogP) is 3.94. The van der Waals surface area contributed by atoms with E-state index in [4.69, 9.17) is 10.8 Å². The van der Waals surface area contributed by atoms with E-state index in [2.05, 4.69) is 26.7 Å². The number of rotatable bonds is 8. The lowest BCUT2D eigenvalue weighted by Gasteiger charge is -2.38. The second-order valence-electron chi connectivity index (χ2n) is 4.98. The fourth-order valence-corrected chi connectivity index (χ4v) is 5.15. The molecule has 0 aromatic rings. The van der Waals surface area contributed by atoms with Crippen molar-refractivity contribution >= 4 is 14.1 Å². The third kappa shape index (κ3) is 5.20. The molecule has 0 unspecified atom stereocenters. The summed E-state index contributed by atoms with van der Waals surface area (Å²) in [5, 5.41) is 0. The van der Waals surface area contributed by atoms with Crippen LogP contribution >= 0.6 is 0 Å². The van der Waals surface area contributed by atoms with Crippen LogP contribution in [-0.2, 0) is 9.22 Å². The van der Waals surface area contributed by atoms with Gasteiger partial charge >= 0.3 is 0 Å². The van der Waals surface area contributed by atoms with Crippen molar-refractivity contribution in [1.29, 1.82) is 0 Å². The first-order chi connectivity index (χ1) is 8.37. The van der Waals surface area contributed by atoms with E-state index in [0.717, 1.165) is 18.1 Å². The second-order valence-corrected chi connectivity index (χ2v) is 9.67. The van der Waals surface area contributed by atoms with E-state index in [-0.39, 0.29) is 5.78 Å². The summed E-state index contributed by atoms with van der Waals surface area (Å²) in [6.07, 6.45) is 9.33. The summed E-state index contributed by atoms with van der Waals surface area (Å²) in [6.45, 7) is 10.1. The summed E-state index contributed by atoms with van der Waals surface area (Å²) in [5.74, 6) is 2.69. The molecule has 3 heteroatoms. The molecule has 0 aromatic carbocycles. The average Bonchev–Trinajstić information content (AvgIpc) is 2.34. The van der Waals surface area contributed by atoms with Gasteiger partial charge in [-0.3, -0.25) is 4.79 Å². The Kier molecular flexibility index (Phi) is 7.19. The molecule has 0 spiro atoms. The summed E-state index contributed by atoms with van der Waals surface area (Å²) in [4.78, 5) is 11.1. The molecule has 18 heavy (non-hydrogen) atoms. The van der Waals surface area contributed by atoms with E-state index < -0.39 is 13.9 Å². The van der Waals surface area contributed by atoms with Gasteiger partial charge in [-0.2, -0.15) is 0 Å². The molecule has 0 aliphatic carbocycles. The molecule has 0 heterocycles. The molecule has 0 aliphatic heterocycles. The van der Waals surface area contributed by atoms with Gasteiger partial charge in [-0.05, 0) is 44.1 Å². The van der Waals surface area contributed by atoms with Gasteiger partial charge in [0.1, 0.15) is 0 Å². The highest BCUT2D eigenvalue weighted by molar-refractivity contribution is 6.73. The highest BCUT2D eigenvalue weighted by Crippen LogP contribution is 2.30. The fourth-order valence-electron chi connectivity index (χ4n) is 2.09. The van der Waals surface area contributed by atoms with E-state index in [1.54, 1.807) is 6.08 Å². The number of ketones is 1. The summed E-state index contributed by atoms with van der Waals surface area (Å²) < 4.78 is 6.42. The lowest BCUT2D eigenvalue weighted by Crippen LogP contribution is -2.44. The van der Waals surface area contributed by atoms with Crippen LogP contribution in [0.2, 0.25) is 18.1 Å². The maximum absolute atomic E-state index is 11.1. The lowest BCUT2D eigenvalue weighted by molar-refractivity contribution is -0.112. The first-order valence-corrected chi connectivity index (χ1v) is 9.23. The summed E-state index contributed by atoms with van der Waals surface area (Å²) in [7, 11) is -1.72. The second kappa shape index (κ2) is 7.55. The van der Waals surface area contributed by atoms with Gasteiger partial charge in [0, 0.05) is 6.42 Å². The van der Waals surface area contributed by atoms with Gasteiger partial charge in [0.25, 0.3) is 0 Å². The van der Waals surface area contributed by atoms with Crippen molar-refractivity contribution in [3.63, 3.8) is 0 Å². The molecule has 0 N–H and O–H groups in total. The highest BCUT2D eigenvalue weighted by atomic mass is 28.4. The van der Waals surface area contributed by atoms with Crippen molar-refractivity contribution in [1.82, 2.24) is 0 Å². The predicted molar refractivity (Wildman–Crippen MR) is 80.0 cm³/mol. The van der Waals surface area contributed by atoms with Crippen LogP contribution in [0.1, 0.15) is 41.0 Å². The Labute approximate surface area is 113 Å². The Hall–Kier alpha value is -0.853. The number of terminal acetylenes is 1.